The van der Waals surface area contributed by atoms with Gasteiger partial charge in [0.05, 0.1) is 6.10 Å². The van der Waals surface area contributed by atoms with Crippen molar-refractivity contribution in [2.75, 3.05) is 0 Å². The van der Waals surface area contributed by atoms with E-state index in [-0.39, 0.29) is 5.92 Å². The molecule has 0 aliphatic heterocycles. The highest BCUT2D eigenvalue weighted by Crippen LogP contribution is 2.35. The third-order valence-electron chi connectivity index (χ3n) is 3.92. The first-order chi connectivity index (χ1) is 10.3. The van der Waals surface area contributed by atoms with Crippen molar-refractivity contribution >= 4 is 10.8 Å². The summed E-state index contributed by atoms with van der Waals surface area (Å²) >= 11 is 0. The first kappa shape index (κ1) is 13.6. The van der Waals surface area contributed by atoms with E-state index in [9.17, 15) is 5.11 Å². The Morgan fingerprint density at radius 2 is 1.48 bits per heavy atom. The highest BCUT2D eigenvalue weighted by Gasteiger charge is 2.21. The lowest BCUT2D eigenvalue weighted by Crippen LogP contribution is -2.09. The van der Waals surface area contributed by atoms with Crippen molar-refractivity contribution in [3.8, 4) is 0 Å². The molecule has 0 saturated carbocycles. The second-order valence-electron chi connectivity index (χ2n) is 5.19. The van der Waals surface area contributed by atoms with Gasteiger partial charge >= 0.3 is 0 Å². The Labute approximate surface area is 125 Å². The normalized spacial score (nSPS) is 13.8. The molecule has 3 aromatic rings. The van der Waals surface area contributed by atoms with Gasteiger partial charge in [-0.15, -0.1) is 6.58 Å². The van der Waals surface area contributed by atoms with E-state index in [1.165, 1.54) is 10.8 Å². The third kappa shape index (κ3) is 2.61. The summed E-state index contributed by atoms with van der Waals surface area (Å²) in [5.74, 6) is -0.126. The molecule has 0 radical (unpaired) electrons. The smallest absolute Gasteiger partial charge is 0.0893 e. The van der Waals surface area contributed by atoms with Crippen molar-refractivity contribution in [1.82, 2.24) is 0 Å². The summed E-state index contributed by atoms with van der Waals surface area (Å²) < 4.78 is 0. The topological polar surface area (TPSA) is 20.2 Å². The summed E-state index contributed by atoms with van der Waals surface area (Å²) in [5, 5.41) is 13.1. The molecule has 3 aromatic carbocycles. The van der Waals surface area contributed by atoms with Crippen LogP contribution in [-0.2, 0) is 0 Å². The van der Waals surface area contributed by atoms with Gasteiger partial charge in [-0.25, -0.2) is 0 Å². The monoisotopic (exact) mass is 274 g/mol. The highest BCUT2D eigenvalue weighted by molar-refractivity contribution is 5.86. The SMILES string of the molecule is C=C[C@@H](c1cccc2ccccc12)[C@H](O)c1ccccc1. The van der Waals surface area contributed by atoms with Gasteiger partial charge < -0.3 is 5.11 Å². The molecule has 0 aliphatic carbocycles. The first-order valence-corrected chi connectivity index (χ1v) is 7.14. The first-order valence-electron chi connectivity index (χ1n) is 7.14. The van der Waals surface area contributed by atoms with E-state index in [0.29, 0.717) is 0 Å². The lowest BCUT2D eigenvalue weighted by Gasteiger charge is -2.22. The van der Waals surface area contributed by atoms with Crippen molar-refractivity contribution in [3.05, 3.63) is 96.6 Å². The van der Waals surface area contributed by atoms with E-state index in [0.717, 1.165) is 11.1 Å². The average molecular weight is 274 g/mol. The van der Waals surface area contributed by atoms with E-state index in [1.54, 1.807) is 0 Å². The van der Waals surface area contributed by atoms with Crippen LogP contribution in [0.25, 0.3) is 10.8 Å². The molecular weight excluding hydrogens is 256 g/mol. The van der Waals surface area contributed by atoms with Gasteiger partial charge in [-0.05, 0) is 21.9 Å². The number of hydrogen-bond donors (Lipinski definition) is 1. The fourth-order valence-corrected chi connectivity index (χ4v) is 2.82. The van der Waals surface area contributed by atoms with E-state index in [4.69, 9.17) is 0 Å². The Kier molecular flexibility index (Phi) is 3.85. The molecule has 104 valence electrons. The van der Waals surface area contributed by atoms with Gasteiger partial charge in [-0.1, -0.05) is 78.9 Å². The van der Waals surface area contributed by atoms with Crippen molar-refractivity contribution in [2.24, 2.45) is 0 Å². The molecule has 0 amide bonds. The predicted molar refractivity (Wildman–Crippen MR) is 88.3 cm³/mol. The number of fused-ring (bicyclic) bond motifs is 1. The van der Waals surface area contributed by atoms with E-state index in [2.05, 4.69) is 30.8 Å². The van der Waals surface area contributed by atoms with Crippen molar-refractivity contribution in [2.45, 2.75) is 12.0 Å². The van der Waals surface area contributed by atoms with Crippen molar-refractivity contribution in [1.29, 1.82) is 0 Å². The minimum absolute atomic E-state index is 0.126. The molecule has 0 spiro atoms. The Bertz CT molecular complexity index is 741. The molecule has 0 saturated heterocycles. The number of aliphatic hydroxyl groups is 1. The number of benzene rings is 3. The fourth-order valence-electron chi connectivity index (χ4n) is 2.82. The van der Waals surface area contributed by atoms with Gasteiger partial charge in [-0.2, -0.15) is 0 Å². The molecule has 2 atom stereocenters. The molecule has 3 rings (SSSR count). The van der Waals surface area contributed by atoms with E-state index >= 15 is 0 Å². The van der Waals surface area contributed by atoms with Crippen LogP contribution in [0.3, 0.4) is 0 Å². The minimum atomic E-state index is -0.588. The summed E-state index contributed by atoms with van der Waals surface area (Å²) in [7, 11) is 0. The molecule has 0 aromatic heterocycles. The second kappa shape index (κ2) is 5.94. The number of rotatable bonds is 4. The maximum atomic E-state index is 10.7. The standard InChI is InChI=1S/C20H18O/c1-2-17(20(21)16-10-4-3-5-11-16)19-14-8-12-15-9-6-7-13-18(15)19/h2-14,17,20-21H,1H2/t17-,20+/m0/s1. The van der Waals surface area contributed by atoms with E-state index < -0.39 is 6.10 Å². The van der Waals surface area contributed by atoms with Crippen LogP contribution in [0.2, 0.25) is 0 Å². The molecule has 0 bridgehead atoms. The number of aliphatic hydroxyl groups excluding tert-OH is 1. The molecular formula is C20H18O. The van der Waals surface area contributed by atoms with Crippen LogP contribution in [0.1, 0.15) is 23.1 Å². The largest absolute Gasteiger partial charge is 0.387 e. The Hall–Kier alpha value is -2.38. The summed E-state index contributed by atoms with van der Waals surface area (Å²) in [6, 6.07) is 24.2. The Balaban J connectivity index is 2.09. The van der Waals surface area contributed by atoms with Crippen molar-refractivity contribution < 1.29 is 5.11 Å². The summed E-state index contributed by atoms with van der Waals surface area (Å²) in [5.41, 5.74) is 2.02. The second-order valence-corrected chi connectivity index (χ2v) is 5.19. The van der Waals surface area contributed by atoms with Gasteiger partial charge in [0.25, 0.3) is 0 Å². The van der Waals surface area contributed by atoms with E-state index in [1.807, 2.05) is 54.6 Å². The summed E-state index contributed by atoms with van der Waals surface area (Å²) in [6.07, 6.45) is 1.24. The van der Waals surface area contributed by atoms with Crippen LogP contribution >= 0.6 is 0 Å². The molecule has 1 heteroatoms. The minimum Gasteiger partial charge on any atom is -0.387 e. The molecule has 0 aliphatic rings. The van der Waals surface area contributed by atoms with Crippen molar-refractivity contribution in [3.63, 3.8) is 0 Å². The van der Waals surface area contributed by atoms with Crippen LogP contribution in [0.4, 0.5) is 0 Å². The summed E-state index contributed by atoms with van der Waals surface area (Å²) in [6.45, 7) is 3.93. The van der Waals surface area contributed by atoms with Crippen LogP contribution in [-0.4, -0.2) is 5.11 Å². The zero-order chi connectivity index (χ0) is 14.7. The number of hydrogen-bond acceptors (Lipinski definition) is 1. The zero-order valence-corrected chi connectivity index (χ0v) is 11.8. The highest BCUT2D eigenvalue weighted by atomic mass is 16.3. The fraction of sp³-hybridized carbons (Fsp3) is 0.100. The molecule has 1 nitrogen and oxygen atoms in total. The average Bonchev–Trinajstić information content (AvgIpc) is 2.56. The Morgan fingerprint density at radius 1 is 0.810 bits per heavy atom. The maximum Gasteiger partial charge on any atom is 0.0893 e. The summed E-state index contributed by atoms with van der Waals surface area (Å²) in [4.78, 5) is 0. The molecule has 0 fully saturated rings. The van der Waals surface area contributed by atoms with Gasteiger partial charge in [0.1, 0.15) is 0 Å². The quantitative estimate of drug-likeness (QED) is 0.675. The molecule has 1 N–H and O–H groups in total. The lowest BCUT2D eigenvalue weighted by molar-refractivity contribution is 0.162. The van der Waals surface area contributed by atoms with Gasteiger partial charge in [0.2, 0.25) is 0 Å². The van der Waals surface area contributed by atoms with Crippen LogP contribution in [0.15, 0.2) is 85.5 Å². The lowest BCUT2D eigenvalue weighted by atomic mass is 9.86. The predicted octanol–water partition coefficient (Wildman–Crippen LogP) is 4.84. The zero-order valence-electron chi connectivity index (χ0n) is 11.8. The molecule has 21 heavy (non-hydrogen) atoms. The molecule has 0 unspecified atom stereocenters. The van der Waals surface area contributed by atoms with Crippen LogP contribution in [0, 0.1) is 0 Å². The Morgan fingerprint density at radius 3 is 2.24 bits per heavy atom. The van der Waals surface area contributed by atoms with Crippen LogP contribution in [0.5, 0.6) is 0 Å². The van der Waals surface area contributed by atoms with Gasteiger partial charge in [0.15, 0.2) is 0 Å². The maximum absolute atomic E-state index is 10.7. The van der Waals surface area contributed by atoms with Crippen LogP contribution < -0.4 is 0 Å². The molecule has 0 heterocycles. The van der Waals surface area contributed by atoms with Gasteiger partial charge in [0, 0.05) is 5.92 Å². The third-order valence-corrected chi connectivity index (χ3v) is 3.92. The van der Waals surface area contributed by atoms with Gasteiger partial charge in [-0.3, -0.25) is 0 Å².